The van der Waals surface area contributed by atoms with Gasteiger partial charge in [-0.05, 0) is 49.2 Å². The number of sulfonamides is 1. The van der Waals surface area contributed by atoms with Gasteiger partial charge in [-0.15, -0.1) is 0 Å². The van der Waals surface area contributed by atoms with Gasteiger partial charge in [0.1, 0.15) is 6.54 Å². The van der Waals surface area contributed by atoms with Gasteiger partial charge in [0.25, 0.3) is 15.9 Å². The SMILES string of the molecule is O=C(CN(c1ccccc1Cl)S(=O)(=O)c1ccccc1)Nc1ccccc1C(=O)NC[C@H]1CCCO1. The number of hydrogen-bond acceptors (Lipinski definition) is 5. The first-order chi connectivity index (χ1) is 17.4. The largest absolute Gasteiger partial charge is 0.376 e. The molecule has 8 nitrogen and oxygen atoms in total. The molecular formula is C26H26ClN3O5S. The Labute approximate surface area is 215 Å². The van der Waals surface area contributed by atoms with Gasteiger partial charge in [-0.1, -0.05) is 54.1 Å². The summed E-state index contributed by atoms with van der Waals surface area (Å²) in [5.41, 5.74) is 0.698. The maximum atomic E-state index is 13.5. The third-order valence-corrected chi connectivity index (χ3v) is 7.79. The molecule has 0 unspecified atom stereocenters. The van der Waals surface area contributed by atoms with E-state index < -0.39 is 22.5 Å². The maximum absolute atomic E-state index is 13.5. The molecule has 0 radical (unpaired) electrons. The Morgan fingerprint density at radius 2 is 1.67 bits per heavy atom. The van der Waals surface area contributed by atoms with E-state index in [0.29, 0.717) is 13.2 Å². The van der Waals surface area contributed by atoms with Crippen LogP contribution in [0.15, 0.2) is 83.8 Å². The van der Waals surface area contributed by atoms with E-state index in [0.717, 1.165) is 17.1 Å². The van der Waals surface area contributed by atoms with Crippen LogP contribution in [0.2, 0.25) is 5.02 Å². The highest BCUT2D eigenvalue weighted by Crippen LogP contribution is 2.30. The van der Waals surface area contributed by atoms with Crippen LogP contribution in [-0.4, -0.2) is 46.0 Å². The predicted octanol–water partition coefficient (Wildman–Crippen LogP) is 4.08. The smallest absolute Gasteiger partial charge is 0.264 e. The van der Waals surface area contributed by atoms with Crippen molar-refractivity contribution in [2.75, 3.05) is 29.3 Å². The van der Waals surface area contributed by atoms with Crippen molar-refractivity contribution in [2.45, 2.75) is 23.8 Å². The lowest BCUT2D eigenvalue weighted by Gasteiger charge is -2.25. The van der Waals surface area contributed by atoms with Crippen LogP contribution in [0, 0.1) is 0 Å². The molecule has 0 spiro atoms. The van der Waals surface area contributed by atoms with E-state index in [9.17, 15) is 18.0 Å². The summed E-state index contributed by atoms with van der Waals surface area (Å²) in [4.78, 5) is 25.9. The molecule has 2 amide bonds. The maximum Gasteiger partial charge on any atom is 0.264 e. The van der Waals surface area contributed by atoms with Crippen molar-refractivity contribution in [3.63, 3.8) is 0 Å². The highest BCUT2D eigenvalue weighted by Gasteiger charge is 2.29. The summed E-state index contributed by atoms with van der Waals surface area (Å²) in [6.45, 7) is 0.505. The van der Waals surface area contributed by atoms with Crippen molar-refractivity contribution in [2.24, 2.45) is 0 Å². The topological polar surface area (TPSA) is 105 Å². The van der Waals surface area contributed by atoms with E-state index in [1.165, 1.54) is 18.2 Å². The number of carbonyl (C=O) groups is 2. The number of ether oxygens (including phenoxy) is 1. The Bertz CT molecular complexity index is 1330. The molecule has 1 saturated heterocycles. The fraction of sp³-hybridized carbons (Fsp3) is 0.231. The standard InChI is InChI=1S/C26H26ClN3O5S/c27-22-13-5-7-15-24(22)30(36(33,34)20-10-2-1-3-11-20)18-25(31)29-23-14-6-4-12-21(23)26(32)28-17-19-9-8-16-35-19/h1-7,10-15,19H,8-9,16-18H2,(H,28,32)(H,29,31)/t19-/m1/s1. The fourth-order valence-electron chi connectivity index (χ4n) is 3.89. The average molecular weight is 528 g/mol. The molecular weight excluding hydrogens is 502 g/mol. The van der Waals surface area contributed by atoms with Crippen molar-refractivity contribution in [1.82, 2.24) is 5.32 Å². The fourth-order valence-corrected chi connectivity index (χ4v) is 5.64. The number of benzene rings is 3. The molecule has 2 N–H and O–H groups in total. The number of rotatable bonds is 9. The minimum Gasteiger partial charge on any atom is -0.376 e. The lowest BCUT2D eigenvalue weighted by molar-refractivity contribution is -0.114. The van der Waals surface area contributed by atoms with Crippen LogP contribution >= 0.6 is 11.6 Å². The zero-order valence-electron chi connectivity index (χ0n) is 19.4. The van der Waals surface area contributed by atoms with Crippen LogP contribution in [0.1, 0.15) is 23.2 Å². The Hall–Kier alpha value is -3.40. The molecule has 0 saturated carbocycles. The summed E-state index contributed by atoms with van der Waals surface area (Å²) < 4.78 is 33.4. The van der Waals surface area contributed by atoms with Crippen molar-refractivity contribution in [3.05, 3.63) is 89.4 Å². The van der Waals surface area contributed by atoms with Crippen molar-refractivity contribution < 1.29 is 22.7 Å². The number of nitrogens with zero attached hydrogens (tertiary/aromatic N) is 1. The van der Waals surface area contributed by atoms with Gasteiger partial charge in [-0.25, -0.2) is 8.42 Å². The van der Waals surface area contributed by atoms with Crippen molar-refractivity contribution >= 4 is 44.8 Å². The van der Waals surface area contributed by atoms with Crippen molar-refractivity contribution in [1.29, 1.82) is 0 Å². The molecule has 36 heavy (non-hydrogen) atoms. The van der Waals surface area contributed by atoms with Crippen LogP contribution in [0.25, 0.3) is 0 Å². The average Bonchev–Trinajstić information content (AvgIpc) is 3.41. The number of nitrogens with one attached hydrogen (secondary N) is 2. The normalized spacial score (nSPS) is 15.3. The molecule has 188 valence electrons. The molecule has 4 rings (SSSR count). The van der Waals surface area contributed by atoms with Gasteiger partial charge >= 0.3 is 0 Å². The molecule has 1 fully saturated rings. The second-order valence-electron chi connectivity index (χ2n) is 8.21. The van der Waals surface area contributed by atoms with Gasteiger partial charge < -0.3 is 15.4 Å². The van der Waals surface area contributed by atoms with Crippen LogP contribution < -0.4 is 14.9 Å². The number of para-hydroxylation sites is 2. The summed E-state index contributed by atoms with van der Waals surface area (Å²) in [6, 6.07) is 20.7. The van der Waals surface area contributed by atoms with E-state index >= 15 is 0 Å². The Kier molecular flexibility index (Phi) is 8.25. The van der Waals surface area contributed by atoms with Crippen molar-refractivity contribution in [3.8, 4) is 0 Å². The summed E-state index contributed by atoms with van der Waals surface area (Å²) >= 11 is 6.31. The number of halogens is 1. The van der Waals surface area contributed by atoms with Crippen LogP contribution in [0.3, 0.4) is 0 Å². The number of hydrogen-bond donors (Lipinski definition) is 2. The van der Waals surface area contributed by atoms with Crippen LogP contribution in [-0.2, 0) is 19.6 Å². The third kappa shape index (κ3) is 6.04. The van der Waals surface area contributed by atoms with E-state index in [2.05, 4.69) is 10.6 Å². The molecule has 1 aliphatic heterocycles. The lowest BCUT2D eigenvalue weighted by atomic mass is 10.1. The van der Waals surface area contributed by atoms with Gasteiger partial charge in [0.2, 0.25) is 5.91 Å². The molecule has 1 atom stereocenters. The minimum atomic E-state index is -4.11. The second-order valence-corrected chi connectivity index (χ2v) is 10.5. The highest BCUT2D eigenvalue weighted by atomic mass is 35.5. The van der Waals surface area contributed by atoms with Gasteiger partial charge in [-0.2, -0.15) is 0 Å². The quantitative estimate of drug-likeness (QED) is 0.436. The van der Waals surface area contributed by atoms with Crippen LogP contribution in [0.5, 0.6) is 0 Å². The molecule has 3 aromatic carbocycles. The summed E-state index contributed by atoms with van der Waals surface area (Å²) in [5, 5.41) is 5.70. The number of carbonyl (C=O) groups excluding carboxylic acids is 2. The summed E-state index contributed by atoms with van der Waals surface area (Å²) in [5.74, 6) is -0.991. The number of amides is 2. The first-order valence-corrected chi connectivity index (χ1v) is 13.3. The first kappa shape index (κ1) is 25.7. The van der Waals surface area contributed by atoms with E-state index in [4.69, 9.17) is 16.3 Å². The first-order valence-electron chi connectivity index (χ1n) is 11.5. The molecule has 3 aromatic rings. The van der Waals surface area contributed by atoms with Gasteiger partial charge in [0, 0.05) is 13.2 Å². The molecule has 0 aliphatic carbocycles. The highest BCUT2D eigenvalue weighted by molar-refractivity contribution is 7.92. The molecule has 0 bridgehead atoms. The monoisotopic (exact) mass is 527 g/mol. The molecule has 1 heterocycles. The third-order valence-electron chi connectivity index (χ3n) is 5.70. The summed E-state index contributed by atoms with van der Waals surface area (Å²) in [6.07, 6.45) is 1.82. The predicted molar refractivity (Wildman–Crippen MR) is 139 cm³/mol. The van der Waals surface area contributed by atoms with Gasteiger partial charge in [0.15, 0.2) is 0 Å². The van der Waals surface area contributed by atoms with E-state index in [-0.39, 0.29) is 38.9 Å². The number of anilines is 2. The summed E-state index contributed by atoms with van der Waals surface area (Å²) in [7, 11) is -4.11. The molecule has 10 heteroatoms. The zero-order valence-corrected chi connectivity index (χ0v) is 21.0. The Morgan fingerprint density at radius 3 is 2.39 bits per heavy atom. The Balaban J connectivity index is 1.55. The van der Waals surface area contributed by atoms with E-state index in [1.54, 1.807) is 60.7 Å². The minimum absolute atomic E-state index is 0.0200. The second kappa shape index (κ2) is 11.6. The van der Waals surface area contributed by atoms with Gasteiger partial charge in [-0.3, -0.25) is 13.9 Å². The lowest BCUT2D eigenvalue weighted by Crippen LogP contribution is -2.38. The molecule has 0 aromatic heterocycles. The van der Waals surface area contributed by atoms with Gasteiger partial charge in [0.05, 0.1) is 33.0 Å². The van der Waals surface area contributed by atoms with Crippen LogP contribution in [0.4, 0.5) is 11.4 Å². The molecule has 1 aliphatic rings. The Morgan fingerprint density at radius 1 is 0.972 bits per heavy atom. The zero-order chi connectivity index (χ0) is 25.5. The van der Waals surface area contributed by atoms with E-state index in [1.807, 2.05) is 0 Å².